The molecule has 10 heteroatoms. The summed E-state index contributed by atoms with van der Waals surface area (Å²) in [6, 6.07) is 17.1. The predicted octanol–water partition coefficient (Wildman–Crippen LogP) is 3.25. The molecule has 3 aromatic carbocycles. The fraction of sp³-hybridized carbons (Fsp3) is 0.259. The quantitative estimate of drug-likeness (QED) is 0.199. The number of nitrogens with one attached hydrogen (secondary N) is 1. The fourth-order valence-electron chi connectivity index (χ4n) is 3.70. The number of primary amides is 1. The molecule has 1 amide bonds. The molecule has 0 saturated carbocycles. The molecule has 0 saturated heterocycles. The molecule has 5 N–H and O–H groups in total. The summed E-state index contributed by atoms with van der Waals surface area (Å²) < 4.78 is 39.4. The van der Waals surface area contributed by atoms with E-state index in [1.165, 1.54) is 12.1 Å². The number of benzene rings is 3. The van der Waals surface area contributed by atoms with Crippen LogP contribution < -0.4 is 21.5 Å². The van der Waals surface area contributed by atoms with Crippen molar-refractivity contribution in [1.82, 2.24) is 5.32 Å². The standard InChI is InChI=1S/C27H28F2IN3O4/c28-20-7-19(8-21(29)13-20)11-24(31)25(15-33-14-18-4-1-5-22(30)9-18)37-27(35)12-17-3-2-6-23(10-17)36-16-26(32)34/h1-10,13,24-25,33H,11-12,14-16,31H2,(H2,32,34)/t24-,25+/m0/s1. The van der Waals surface area contributed by atoms with Crippen molar-refractivity contribution in [2.45, 2.75) is 31.5 Å². The number of carbonyl (C=O) groups excluding carboxylic acids is 2. The number of rotatable bonds is 13. The van der Waals surface area contributed by atoms with Gasteiger partial charge in [-0.15, -0.1) is 0 Å². The van der Waals surface area contributed by atoms with Gasteiger partial charge in [-0.3, -0.25) is 9.59 Å². The molecule has 0 radical (unpaired) electrons. The first-order valence-corrected chi connectivity index (χ1v) is 12.6. The zero-order valence-electron chi connectivity index (χ0n) is 20.0. The Labute approximate surface area is 227 Å². The predicted molar refractivity (Wildman–Crippen MR) is 144 cm³/mol. The van der Waals surface area contributed by atoms with Crippen LogP contribution in [0.25, 0.3) is 0 Å². The summed E-state index contributed by atoms with van der Waals surface area (Å²) in [5, 5.41) is 3.25. The van der Waals surface area contributed by atoms with Crippen LogP contribution in [0.4, 0.5) is 8.78 Å². The molecule has 37 heavy (non-hydrogen) atoms. The molecule has 0 bridgehead atoms. The van der Waals surface area contributed by atoms with Crippen LogP contribution >= 0.6 is 22.6 Å². The number of carbonyl (C=O) groups is 2. The molecule has 3 rings (SSSR count). The van der Waals surface area contributed by atoms with Crippen LogP contribution in [-0.2, 0) is 33.7 Å². The molecule has 196 valence electrons. The lowest BCUT2D eigenvalue weighted by Gasteiger charge is -2.25. The topological polar surface area (TPSA) is 117 Å². The van der Waals surface area contributed by atoms with Gasteiger partial charge in [-0.25, -0.2) is 8.78 Å². The Balaban J connectivity index is 1.67. The van der Waals surface area contributed by atoms with Crippen LogP contribution in [0.3, 0.4) is 0 Å². The normalized spacial score (nSPS) is 12.5. The Hall–Kier alpha value is -3.09. The first-order chi connectivity index (χ1) is 17.7. The van der Waals surface area contributed by atoms with E-state index >= 15 is 0 Å². The molecular weight excluding hydrogens is 595 g/mol. The lowest BCUT2D eigenvalue weighted by Crippen LogP contribution is -2.46. The third-order valence-electron chi connectivity index (χ3n) is 5.35. The van der Waals surface area contributed by atoms with Crippen molar-refractivity contribution in [1.29, 1.82) is 0 Å². The van der Waals surface area contributed by atoms with Crippen molar-refractivity contribution in [3.63, 3.8) is 0 Å². The van der Waals surface area contributed by atoms with Gasteiger partial charge in [-0.1, -0.05) is 24.3 Å². The van der Waals surface area contributed by atoms with Crippen LogP contribution in [0, 0.1) is 15.2 Å². The van der Waals surface area contributed by atoms with Crippen LogP contribution in [0.2, 0.25) is 0 Å². The monoisotopic (exact) mass is 623 g/mol. The Morgan fingerprint density at radius 3 is 2.35 bits per heavy atom. The molecule has 0 fully saturated rings. The highest BCUT2D eigenvalue weighted by Crippen LogP contribution is 2.16. The maximum Gasteiger partial charge on any atom is 0.310 e. The average Bonchev–Trinajstić information content (AvgIpc) is 2.81. The van der Waals surface area contributed by atoms with Crippen molar-refractivity contribution >= 4 is 34.5 Å². The van der Waals surface area contributed by atoms with Crippen molar-refractivity contribution in [3.05, 3.63) is 98.6 Å². The van der Waals surface area contributed by atoms with E-state index in [-0.39, 0.29) is 26.0 Å². The second-order valence-corrected chi connectivity index (χ2v) is 9.76. The minimum atomic E-state index is -0.768. The van der Waals surface area contributed by atoms with Crippen LogP contribution in [0.15, 0.2) is 66.7 Å². The zero-order valence-corrected chi connectivity index (χ0v) is 22.1. The lowest BCUT2D eigenvalue weighted by atomic mass is 10.0. The number of ether oxygens (including phenoxy) is 2. The minimum absolute atomic E-state index is 0.0670. The van der Waals surface area contributed by atoms with E-state index in [0.717, 1.165) is 15.2 Å². The second-order valence-electron chi connectivity index (χ2n) is 8.51. The van der Waals surface area contributed by atoms with Gasteiger partial charge in [-0.2, -0.15) is 0 Å². The fourth-order valence-corrected chi connectivity index (χ4v) is 4.30. The molecule has 0 heterocycles. The van der Waals surface area contributed by atoms with Gasteiger partial charge in [0.15, 0.2) is 6.61 Å². The van der Waals surface area contributed by atoms with E-state index in [9.17, 15) is 18.4 Å². The summed E-state index contributed by atoms with van der Waals surface area (Å²) in [6.07, 6.45) is -0.730. The van der Waals surface area contributed by atoms with Gasteiger partial charge in [0.25, 0.3) is 5.91 Å². The van der Waals surface area contributed by atoms with E-state index < -0.39 is 35.7 Å². The molecular formula is C27H28F2IN3O4. The summed E-state index contributed by atoms with van der Waals surface area (Å²) in [5.41, 5.74) is 13.5. The molecule has 0 aromatic heterocycles. The van der Waals surface area contributed by atoms with Crippen molar-refractivity contribution in [2.75, 3.05) is 13.2 Å². The van der Waals surface area contributed by atoms with Gasteiger partial charge >= 0.3 is 5.97 Å². The molecule has 0 aliphatic rings. The molecule has 0 aliphatic heterocycles. The molecule has 7 nitrogen and oxygen atoms in total. The summed E-state index contributed by atoms with van der Waals surface area (Å²) in [7, 11) is 0. The zero-order chi connectivity index (χ0) is 26.8. The highest BCUT2D eigenvalue weighted by atomic mass is 127. The maximum atomic E-state index is 13.7. The summed E-state index contributed by atoms with van der Waals surface area (Å²) in [6.45, 7) is 0.473. The lowest BCUT2D eigenvalue weighted by molar-refractivity contribution is -0.149. The number of hydrogen-bond acceptors (Lipinski definition) is 6. The van der Waals surface area contributed by atoms with E-state index in [1.807, 2.05) is 24.3 Å². The van der Waals surface area contributed by atoms with Crippen molar-refractivity contribution in [3.8, 4) is 5.75 Å². The Kier molecular flexibility index (Phi) is 10.8. The summed E-state index contributed by atoms with van der Waals surface area (Å²) >= 11 is 2.23. The Morgan fingerprint density at radius 1 is 0.946 bits per heavy atom. The number of esters is 1. The molecule has 2 atom stereocenters. The molecule has 0 aliphatic carbocycles. The summed E-state index contributed by atoms with van der Waals surface area (Å²) in [4.78, 5) is 23.7. The SMILES string of the molecule is NC(=O)COc1cccc(CC(=O)O[C@H](CNCc2cccc(I)c2)[C@@H](N)Cc2cc(F)cc(F)c2)c1. The Morgan fingerprint density at radius 2 is 1.65 bits per heavy atom. The van der Waals surface area contributed by atoms with E-state index in [0.29, 0.717) is 23.4 Å². The highest BCUT2D eigenvalue weighted by molar-refractivity contribution is 14.1. The first kappa shape index (κ1) is 28.5. The van der Waals surface area contributed by atoms with E-state index in [2.05, 4.69) is 27.9 Å². The van der Waals surface area contributed by atoms with Crippen molar-refractivity contribution in [2.24, 2.45) is 11.5 Å². The third-order valence-corrected chi connectivity index (χ3v) is 6.02. The molecule has 0 spiro atoms. The summed E-state index contributed by atoms with van der Waals surface area (Å²) in [5.74, 6) is -2.16. The van der Waals surface area contributed by atoms with Gasteiger partial charge in [-0.05, 0) is 82.1 Å². The minimum Gasteiger partial charge on any atom is -0.484 e. The largest absolute Gasteiger partial charge is 0.484 e. The maximum absolute atomic E-state index is 13.7. The van der Waals surface area contributed by atoms with Crippen LogP contribution in [-0.4, -0.2) is 37.2 Å². The van der Waals surface area contributed by atoms with Gasteiger partial charge in [0.1, 0.15) is 23.5 Å². The first-order valence-electron chi connectivity index (χ1n) is 11.5. The highest BCUT2D eigenvalue weighted by Gasteiger charge is 2.23. The molecule has 0 unspecified atom stereocenters. The number of nitrogens with two attached hydrogens (primary N) is 2. The number of hydrogen-bond donors (Lipinski definition) is 3. The van der Waals surface area contributed by atoms with Crippen molar-refractivity contribution < 1.29 is 27.8 Å². The van der Waals surface area contributed by atoms with Crippen LogP contribution in [0.1, 0.15) is 16.7 Å². The number of amides is 1. The second kappa shape index (κ2) is 14.0. The van der Waals surface area contributed by atoms with Crippen LogP contribution in [0.5, 0.6) is 5.75 Å². The number of halogens is 3. The third kappa shape index (κ3) is 10.1. The average molecular weight is 623 g/mol. The Bertz CT molecular complexity index is 1210. The van der Waals surface area contributed by atoms with Gasteiger partial charge < -0.3 is 26.3 Å². The van der Waals surface area contributed by atoms with E-state index in [1.54, 1.807) is 24.3 Å². The molecule has 3 aromatic rings. The van der Waals surface area contributed by atoms with E-state index in [4.69, 9.17) is 20.9 Å². The van der Waals surface area contributed by atoms with Gasteiger partial charge in [0.2, 0.25) is 0 Å². The smallest absolute Gasteiger partial charge is 0.310 e. The van der Waals surface area contributed by atoms with Gasteiger partial charge in [0, 0.05) is 28.8 Å². The van der Waals surface area contributed by atoms with Gasteiger partial charge in [0.05, 0.1) is 6.42 Å².